The fourth-order valence-electron chi connectivity index (χ4n) is 10.8. The number of carbonyl (C=O) groups is 6. The van der Waals surface area contributed by atoms with Gasteiger partial charge in [-0.3, -0.25) is 19.2 Å². The molecular weight excluding hydrogens is 967 g/mol. The molecule has 0 unspecified atom stereocenters. The highest BCUT2D eigenvalue weighted by Gasteiger charge is 2.43. The summed E-state index contributed by atoms with van der Waals surface area (Å²) in [4.78, 5) is 74.7. The quantitative estimate of drug-likeness (QED) is 0.127. The predicted molar refractivity (Wildman–Crippen MR) is 291 cm³/mol. The molecule has 0 saturated carbocycles. The summed E-state index contributed by atoms with van der Waals surface area (Å²) in [5.74, 6) is 1.25. The van der Waals surface area contributed by atoms with Crippen LogP contribution in [0.1, 0.15) is 124 Å². The number of nitrogens with zero attached hydrogens (tertiary/aromatic N) is 3. The number of cyclic esters (lactones) is 2. The Hall–Kier alpha value is -5.89. The zero-order valence-electron chi connectivity index (χ0n) is 46.3. The van der Waals surface area contributed by atoms with E-state index in [4.69, 9.17) is 24.1 Å². The van der Waals surface area contributed by atoms with Crippen LogP contribution in [0.25, 0.3) is 0 Å². The number of nitrogens with one attached hydrogen (secondary N) is 2. The average molecular weight is 1050 g/mol. The molecule has 6 amide bonds. The van der Waals surface area contributed by atoms with E-state index in [1.807, 2.05) is 88.4 Å². The molecule has 6 aliphatic rings. The van der Waals surface area contributed by atoms with E-state index in [9.17, 15) is 34.0 Å². The van der Waals surface area contributed by atoms with Gasteiger partial charge < -0.3 is 34.7 Å². The van der Waals surface area contributed by atoms with Crippen LogP contribution in [0.5, 0.6) is 0 Å². The van der Waals surface area contributed by atoms with E-state index in [2.05, 4.69) is 62.8 Å². The van der Waals surface area contributed by atoms with Gasteiger partial charge in [0, 0.05) is 44.4 Å². The number of rotatable bonds is 17. The normalized spacial score (nSPS) is 25.1. The Morgan fingerprint density at radius 3 is 1.68 bits per heavy atom. The molecule has 76 heavy (non-hydrogen) atoms. The van der Waals surface area contributed by atoms with Crippen molar-refractivity contribution in [2.75, 3.05) is 46.1 Å². The van der Waals surface area contributed by atoms with Gasteiger partial charge in [0.2, 0.25) is 23.6 Å². The number of aliphatic hydroxyl groups is 1. The lowest BCUT2D eigenvalue weighted by molar-refractivity contribution is -0.134. The van der Waals surface area contributed by atoms with Crippen molar-refractivity contribution in [3.63, 3.8) is 0 Å². The minimum atomic E-state index is -0.605. The van der Waals surface area contributed by atoms with Crippen LogP contribution >= 0.6 is 0 Å². The number of imide groups is 2. The molecule has 0 aromatic heterocycles. The van der Waals surface area contributed by atoms with Gasteiger partial charge in [-0.25, -0.2) is 19.4 Å². The molecule has 0 radical (unpaired) electrons. The minimum absolute atomic E-state index is 0.0948. The maximum Gasteiger partial charge on any atom is 0.416 e. The summed E-state index contributed by atoms with van der Waals surface area (Å²) in [5, 5.41) is 23.6. The number of amides is 6. The summed E-state index contributed by atoms with van der Waals surface area (Å²) in [6, 6.07) is 21.2. The SMILES string of the molecule is C/C=C/[C@@H](C)C[C@@H]1CCNC1=O.C=C.CC1(C)C[C@@H](CCC(=O)N2C(=O)OC[C@@H]2Cc2ccccc2)CO1.CC1(C)C[C@@H](C[C@H](CC#N)C(=O)N2C(=O)OC[C@@H]2Cc2ccccc2)CO1.C[C@H](CO)C[C@@H]1CCNC1=O. The lowest BCUT2D eigenvalue weighted by atomic mass is 9.87. The summed E-state index contributed by atoms with van der Waals surface area (Å²) in [5.41, 5.74) is 1.84. The van der Waals surface area contributed by atoms with Crippen molar-refractivity contribution in [2.45, 2.75) is 149 Å². The lowest BCUT2D eigenvalue weighted by Gasteiger charge is -2.25. The molecule has 6 heterocycles. The number of allylic oxidation sites excluding steroid dienone is 2. The van der Waals surface area contributed by atoms with E-state index in [0.717, 1.165) is 69.2 Å². The second-order valence-corrected chi connectivity index (χ2v) is 22.2. The topological polar surface area (TPSA) is 214 Å². The van der Waals surface area contributed by atoms with Crippen molar-refractivity contribution < 1.29 is 52.8 Å². The van der Waals surface area contributed by atoms with Gasteiger partial charge in [-0.2, -0.15) is 5.26 Å². The Morgan fingerprint density at radius 1 is 0.750 bits per heavy atom. The molecule has 6 saturated heterocycles. The molecule has 9 atom stereocenters. The highest BCUT2D eigenvalue weighted by atomic mass is 16.6. The molecule has 0 spiro atoms. The summed E-state index contributed by atoms with van der Waals surface area (Å²) < 4.78 is 21.8. The molecule has 2 aromatic rings. The van der Waals surface area contributed by atoms with E-state index in [1.54, 1.807) is 0 Å². The first-order valence-corrected chi connectivity index (χ1v) is 27.3. The summed E-state index contributed by atoms with van der Waals surface area (Å²) in [6.07, 6.45) is 11.6. The Kier molecular flexibility index (Phi) is 25.9. The molecule has 418 valence electrons. The minimum Gasteiger partial charge on any atom is -0.447 e. The Bertz CT molecular complexity index is 2230. The third-order valence-electron chi connectivity index (χ3n) is 14.6. The van der Waals surface area contributed by atoms with Gasteiger partial charge in [-0.1, -0.05) is 86.7 Å². The first kappa shape index (κ1) is 62.6. The Balaban J connectivity index is 0.000000231. The van der Waals surface area contributed by atoms with Crippen molar-refractivity contribution in [3.8, 4) is 6.07 Å². The molecule has 3 N–H and O–H groups in total. The Morgan fingerprint density at radius 2 is 1.24 bits per heavy atom. The van der Waals surface area contributed by atoms with Gasteiger partial charge >= 0.3 is 12.2 Å². The number of benzene rings is 2. The van der Waals surface area contributed by atoms with Crippen LogP contribution in [-0.2, 0) is 51.0 Å². The zero-order valence-corrected chi connectivity index (χ0v) is 46.3. The molecule has 16 heteroatoms. The lowest BCUT2D eigenvalue weighted by Crippen LogP contribution is -2.44. The number of ether oxygens (including phenoxy) is 4. The summed E-state index contributed by atoms with van der Waals surface area (Å²) >= 11 is 0. The molecule has 6 aliphatic heterocycles. The molecule has 2 aromatic carbocycles. The van der Waals surface area contributed by atoms with Crippen molar-refractivity contribution in [2.24, 2.45) is 41.4 Å². The predicted octanol–water partition coefficient (Wildman–Crippen LogP) is 9.15. The second kappa shape index (κ2) is 31.4. The van der Waals surface area contributed by atoms with Crippen LogP contribution in [0.2, 0.25) is 0 Å². The summed E-state index contributed by atoms with van der Waals surface area (Å²) in [7, 11) is 0. The van der Waals surface area contributed by atoms with Gasteiger partial charge in [0.25, 0.3) is 0 Å². The van der Waals surface area contributed by atoms with Crippen LogP contribution in [0, 0.1) is 52.8 Å². The Labute approximate surface area is 452 Å². The maximum atomic E-state index is 13.1. The largest absolute Gasteiger partial charge is 0.447 e. The highest BCUT2D eigenvalue weighted by Crippen LogP contribution is 2.36. The van der Waals surface area contributed by atoms with Crippen LogP contribution in [0.15, 0.2) is 86.0 Å². The molecule has 16 nitrogen and oxygen atoms in total. The van der Waals surface area contributed by atoms with E-state index >= 15 is 0 Å². The third-order valence-corrected chi connectivity index (χ3v) is 14.6. The average Bonchev–Trinajstić information content (AvgIpc) is 4.28. The first-order valence-electron chi connectivity index (χ1n) is 27.3. The van der Waals surface area contributed by atoms with E-state index in [1.165, 1.54) is 9.80 Å². The second-order valence-electron chi connectivity index (χ2n) is 22.2. The van der Waals surface area contributed by atoms with Crippen LogP contribution in [-0.4, -0.2) is 120 Å². The summed E-state index contributed by atoms with van der Waals surface area (Å²) in [6.45, 7) is 23.9. The fraction of sp³-hybridized carbons (Fsp3) is 0.617. The van der Waals surface area contributed by atoms with Gasteiger partial charge in [0.1, 0.15) is 13.2 Å². The number of carbonyl (C=O) groups excluding carboxylic acids is 6. The van der Waals surface area contributed by atoms with E-state index in [0.29, 0.717) is 50.7 Å². The van der Waals surface area contributed by atoms with Gasteiger partial charge in [-0.15, -0.1) is 13.2 Å². The number of aliphatic hydroxyl groups excluding tert-OH is 1. The molecule has 6 fully saturated rings. The molecular formula is C60H87N5O11. The van der Waals surface area contributed by atoms with Gasteiger partial charge in [0.15, 0.2) is 0 Å². The van der Waals surface area contributed by atoms with Crippen LogP contribution in [0.3, 0.4) is 0 Å². The number of hydrogen-bond acceptors (Lipinski definition) is 12. The standard InChI is InChI=1S/C21H26N2O4.C19H25NO4.C10H17NO.C8H15NO2.C2H4/c1-21(2)12-16(13-27-21)10-17(8-9-22)19(24)23-18(14-26-20(23)25)11-15-6-4-3-5-7-15;1-19(2)11-15(12-24-19)8-9-17(21)20-16(13-23-18(20)22)10-14-6-4-3-5-7-14;1-3-4-8(2)7-9-5-6-11-10(9)12;1-6(5-10)4-7-2-3-9-8(7)11;1-2/h3-7,16-18H,8,10-14H2,1-2H3;3-7,15-16H,8-13H2,1-2H3;3-4,8-9H,5-7H2,1-2H3,(H,11,12);6-7,10H,2-5H2,1H3,(H,9,11);1-2H2/b;;4-3+;;/t16-,17+,18+;15-,16+;8-,9+;6-,7-;/m1110./s1. The van der Waals surface area contributed by atoms with Gasteiger partial charge in [-0.05, 0) is 134 Å². The van der Waals surface area contributed by atoms with E-state index in [-0.39, 0.29) is 96.8 Å². The van der Waals surface area contributed by atoms with Crippen molar-refractivity contribution in [3.05, 3.63) is 97.1 Å². The zero-order chi connectivity index (χ0) is 55.8. The van der Waals surface area contributed by atoms with Crippen molar-refractivity contribution in [1.29, 1.82) is 5.26 Å². The number of hydrogen-bond donors (Lipinski definition) is 3. The number of nitriles is 1. The van der Waals surface area contributed by atoms with Crippen molar-refractivity contribution >= 4 is 35.8 Å². The van der Waals surface area contributed by atoms with Crippen LogP contribution in [0.4, 0.5) is 9.59 Å². The van der Waals surface area contributed by atoms with Crippen molar-refractivity contribution in [1.82, 2.24) is 20.4 Å². The fourth-order valence-corrected chi connectivity index (χ4v) is 10.8. The van der Waals surface area contributed by atoms with Crippen LogP contribution < -0.4 is 10.6 Å². The maximum absolute atomic E-state index is 13.1. The third kappa shape index (κ3) is 20.2. The molecule has 0 aliphatic carbocycles. The van der Waals surface area contributed by atoms with Gasteiger partial charge in [0.05, 0.1) is 48.5 Å². The van der Waals surface area contributed by atoms with E-state index < -0.39 is 18.1 Å². The molecule has 0 bridgehead atoms. The first-order chi connectivity index (χ1) is 36.3. The smallest absolute Gasteiger partial charge is 0.416 e. The monoisotopic (exact) mass is 1050 g/mol. The highest BCUT2D eigenvalue weighted by molar-refractivity contribution is 5.95. The molecule has 8 rings (SSSR count).